The van der Waals surface area contributed by atoms with Gasteiger partial charge in [0.05, 0.1) is 0 Å². The normalized spacial score (nSPS) is 11.5. The number of aromatic nitrogens is 2. The highest BCUT2D eigenvalue weighted by Gasteiger charge is 2.14. The van der Waals surface area contributed by atoms with E-state index in [0.717, 1.165) is 22.3 Å². The summed E-state index contributed by atoms with van der Waals surface area (Å²) in [5.74, 6) is 0.655. The fourth-order valence-electron chi connectivity index (χ4n) is 3.29. The zero-order chi connectivity index (χ0) is 20.5. The van der Waals surface area contributed by atoms with Gasteiger partial charge in [-0.25, -0.2) is 4.98 Å². The molecule has 0 unspecified atom stereocenters. The van der Waals surface area contributed by atoms with Gasteiger partial charge in [0.2, 0.25) is 5.91 Å². The number of H-pyrrole nitrogens is 1. The molecule has 7 heteroatoms. The summed E-state index contributed by atoms with van der Waals surface area (Å²) in [6.45, 7) is 2.34. The first kappa shape index (κ1) is 18.5. The molecule has 4 aromatic rings. The Labute approximate surface area is 166 Å². The van der Waals surface area contributed by atoms with E-state index in [9.17, 15) is 9.59 Å². The van der Waals surface area contributed by atoms with Crippen molar-refractivity contribution in [1.82, 2.24) is 14.9 Å². The van der Waals surface area contributed by atoms with Crippen molar-refractivity contribution in [2.75, 3.05) is 12.8 Å². The fraction of sp³-hybridized carbons (Fsp3) is 0.136. The first-order chi connectivity index (χ1) is 13.9. The molecule has 0 spiro atoms. The molecule has 7 nitrogen and oxygen atoms in total. The molecule has 0 aliphatic heterocycles. The number of pyridine rings is 2. The number of anilines is 1. The number of furan rings is 1. The third kappa shape index (κ3) is 3.62. The number of amides is 1. The molecule has 0 bridgehead atoms. The van der Waals surface area contributed by atoms with Crippen molar-refractivity contribution in [3.63, 3.8) is 0 Å². The van der Waals surface area contributed by atoms with Crippen LogP contribution in [0, 0.1) is 6.92 Å². The monoisotopic (exact) mass is 388 g/mol. The van der Waals surface area contributed by atoms with Crippen LogP contribution in [0.4, 0.5) is 5.69 Å². The third-order valence-corrected chi connectivity index (χ3v) is 4.84. The lowest BCUT2D eigenvalue weighted by atomic mass is 10.1. The number of nitrogen functional groups attached to an aromatic ring is 1. The minimum Gasteiger partial charge on any atom is -0.461 e. The van der Waals surface area contributed by atoms with E-state index < -0.39 is 0 Å². The zero-order valence-electron chi connectivity index (χ0n) is 16.1. The lowest BCUT2D eigenvalue weighted by Gasteiger charge is -2.15. The number of carbonyl (C=O) groups excluding carboxylic acids is 1. The maximum Gasteiger partial charge on any atom is 0.251 e. The molecule has 3 aromatic heterocycles. The number of rotatable bonds is 4. The topological polar surface area (TPSA) is 105 Å². The Kier molecular flexibility index (Phi) is 4.64. The molecule has 3 N–H and O–H groups in total. The van der Waals surface area contributed by atoms with E-state index in [2.05, 4.69) is 9.97 Å². The quantitative estimate of drug-likeness (QED) is 0.522. The number of likely N-dealkylation sites (N-methyl/N-ethyl adjacent to an activating group) is 1. The Hall–Kier alpha value is -3.87. The maximum absolute atomic E-state index is 12.6. The molecule has 146 valence electrons. The number of aryl methyl sites for hydroxylation is 1. The van der Waals surface area contributed by atoms with E-state index in [1.807, 2.05) is 31.2 Å². The molecule has 1 amide bonds. The van der Waals surface area contributed by atoms with Gasteiger partial charge in [-0.2, -0.15) is 0 Å². The molecule has 0 radical (unpaired) electrons. The lowest BCUT2D eigenvalue weighted by Crippen LogP contribution is -2.24. The van der Waals surface area contributed by atoms with E-state index in [-0.39, 0.29) is 11.5 Å². The summed E-state index contributed by atoms with van der Waals surface area (Å²) in [6.07, 6.45) is 4.74. The molecule has 0 atom stereocenters. The van der Waals surface area contributed by atoms with E-state index in [1.54, 1.807) is 30.3 Å². The average Bonchev–Trinajstić information content (AvgIpc) is 3.01. The second-order valence-electron chi connectivity index (χ2n) is 6.91. The van der Waals surface area contributed by atoms with Crippen LogP contribution in [0.2, 0.25) is 0 Å². The van der Waals surface area contributed by atoms with Gasteiger partial charge in [0.15, 0.2) is 0 Å². The molecular formula is C22H20N4O3. The summed E-state index contributed by atoms with van der Waals surface area (Å²) in [6, 6.07) is 10.9. The summed E-state index contributed by atoms with van der Waals surface area (Å²) in [4.78, 5) is 32.5. The van der Waals surface area contributed by atoms with Crippen molar-refractivity contribution in [2.45, 2.75) is 13.5 Å². The molecule has 3 heterocycles. The largest absolute Gasteiger partial charge is 0.461 e. The summed E-state index contributed by atoms with van der Waals surface area (Å²) in [5, 5.41) is 1.64. The first-order valence-electron chi connectivity index (χ1n) is 9.11. The van der Waals surface area contributed by atoms with E-state index >= 15 is 0 Å². The number of nitrogens with zero attached hydrogens (tertiary/aromatic N) is 2. The SMILES string of the molecule is Cc1oc2ccccc2c1CN(C)C(=O)/C=C/c1cnc2[nH]c(=O)cc(N)c2c1. The number of nitrogens with two attached hydrogens (primary N) is 1. The Morgan fingerprint density at radius 1 is 1.28 bits per heavy atom. The van der Waals surface area contributed by atoms with Gasteiger partial charge < -0.3 is 20.0 Å². The van der Waals surface area contributed by atoms with Gasteiger partial charge in [0.1, 0.15) is 17.0 Å². The minimum atomic E-state index is -0.301. The van der Waals surface area contributed by atoms with Crippen molar-refractivity contribution in [1.29, 1.82) is 0 Å². The number of carbonyl (C=O) groups is 1. The number of hydrogen-bond donors (Lipinski definition) is 2. The van der Waals surface area contributed by atoms with Gasteiger partial charge >= 0.3 is 0 Å². The maximum atomic E-state index is 12.6. The zero-order valence-corrected chi connectivity index (χ0v) is 16.1. The number of para-hydroxylation sites is 1. The molecule has 0 saturated carbocycles. The van der Waals surface area contributed by atoms with Crippen molar-refractivity contribution in [2.24, 2.45) is 0 Å². The molecule has 4 rings (SSSR count). The standard InChI is InChI=1S/C22H20N4O3/c1-13-17(15-5-3-4-6-19(15)29-13)12-26(2)21(28)8-7-14-9-16-18(23)10-20(27)25-22(16)24-11-14/h3-11H,12H2,1-2H3,(H3,23,24,25,27)/b8-7+. The van der Waals surface area contributed by atoms with Crippen molar-refractivity contribution >= 4 is 39.7 Å². The Morgan fingerprint density at radius 2 is 2.07 bits per heavy atom. The van der Waals surface area contributed by atoms with Crippen LogP contribution in [0.25, 0.3) is 28.1 Å². The Morgan fingerprint density at radius 3 is 2.90 bits per heavy atom. The number of fused-ring (bicyclic) bond motifs is 2. The fourth-order valence-corrected chi connectivity index (χ4v) is 3.29. The van der Waals surface area contributed by atoms with Crippen LogP contribution in [0.5, 0.6) is 0 Å². The van der Waals surface area contributed by atoms with E-state index in [0.29, 0.717) is 28.8 Å². The smallest absolute Gasteiger partial charge is 0.251 e. The van der Waals surface area contributed by atoms with E-state index in [1.165, 1.54) is 12.1 Å². The Balaban J connectivity index is 1.54. The predicted molar refractivity (Wildman–Crippen MR) is 113 cm³/mol. The average molecular weight is 388 g/mol. The van der Waals surface area contributed by atoms with Gasteiger partial charge in [-0.3, -0.25) is 9.59 Å². The summed E-state index contributed by atoms with van der Waals surface area (Å²) in [5.41, 5.74) is 8.88. The molecular weight excluding hydrogens is 368 g/mol. The molecule has 0 saturated heterocycles. The van der Waals surface area contributed by atoms with Gasteiger partial charge in [-0.1, -0.05) is 18.2 Å². The molecule has 29 heavy (non-hydrogen) atoms. The first-order valence-corrected chi connectivity index (χ1v) is 9.11. The highest BCUT2D eigenvalue weighted by atomic mass is 16.3. The van der Waals surface area contributed by atoms with Gasteiger partial charge in [-0.15, -0.1) is 0 Å². The summed E-state index contributed by atoms with van der Waals surface area (Å²) >= 11 is 0. The highest BCUT2D eigenvalue weighted by molar-refractivity contribution is 5.94. The van der Waals surface area contributed by atoms with Crippen LogP contribution in [0.15, 0.2) is 57.9 Å². The number of aromatic amines is 1. The predicted octanol–water partition coefficient (Wildman–Crippen LogP) is 3.23. The number of nitrogens with one attached hydrogen (secondary N) is 1. The van der Waals surface area contributed by atoms with Crippen molar-refractivity contribution < 1.29 is 9.21 Å². The van der Waals surface area contributed by atoms with Crippen molar-refractivity contribution in [3.05, 3.63) is 75.9 Å². The van der Waals surface area contributed by atoms with Crippen LogP contribution < -0.4 is 11.3 Å². The third-order valence-electron chi connectivity index (χ3n) is 4.84. The molecule has 0 aliphatic carbocycles. The van der Waals surface area contributed by atoms with Crippen LogP contribution in [-0.4, -0.2) is 27.8 Å². The van der Waals surface area contributed by atoms with Crippen molar-refractivity contribution in [3.8, 4) is 0 Å². The second-order valence-corrected chi connectivity index (χ2v) is 6.91. The van der Waals surface area contributed by atoms with Gasteiger partial charge in [-0.05, 0) is 30.7 Å². The van der Waals surface area contributed by atoms with Crippen LogP contribution >= 0.6 is 0 Å². The number of hydrogen-bond acceptors (Lipinski definition) is 5. The molecule has 0 fully saturated rings. The minimum absolute atomic E-state index is 0.149. The highest BCUT2D eigenvalue weighted by Crippen LogP contribution is 2.26. The summed E-state index contributed by atoms with van der Waals surface area (Å²) in [7, 11) is 1.75. The van der Waals surface area contributed by atoms with Gasteiger partial charge in [0, 0.05) is 54.0 Å². The van der Waals surface area contributed by atoms with E-state index in [4.69, 9.17) is 10.2 Å². The lowest BCUT2D eigenvalue weighted by molar-refractivity contribution is -0.125. The van der Waals surface area contributed by atoms with Crippen LogP contribution in [-0.2, 0) is 11.3 Å². The van der Waals surface area contributed by atoms with Crippen LogP contribution in [0.3, 0.4) is 0 Å². The molecule has 1 aromatic carbocycles. The van der Waals surface area contributed by atoms with Crippen LogP contribution in [0.1, 0.15) is 16.9 Å². The van der Waals surface area contributed by atoms with Gasteiger partial charge in [0.25, 0.3) is 5.56 Å². The Bertz CT molecular complexity index is 1320. The summed E-state index contributed by atoms with van der Waals surface area (Å²) < 4.78 is 5.77. The second kappa shape index (κ2) is 7.27. The molecule has 0 aliphatic rings. The number of benzene rings is 1.